The Morgan fingerprint density at radius 1 is 1.02 bits per heavy atom. The lowest BCUT2D eigenvalue weighted by Gasteiger charge is -2.65. The molecular weight excluding hydrogens is 600 g/mol. The van der Waals surface area contributed by atoms with Crippen molar-refractivity contribution in [1.82, 2.24) is 9.80 Å². The summed E-state index contributed by atoms with van der Waals surface area (Å²) in [5, 5.41) is 3.90. The number of hydrogen-bond acceptors (Lipinski definition) is 8. The van der Waals surface area contributed by atoms with E-state index < -0.39 is 5.72 Å². The van der Waals surface area contributed by atoms with Crippen LogP contribution in [0.5, 0.6) is 0 Å². The summed E-state index contributed by atoms with van der Waals surface area (Å²) in [7, 11) is 1.56. The van der Waals surface area contributed by atoms with Crippen molar-refractivity contribution in [1.29, 1.82) is 0 Å². The van der Waals surface area contributed by atoms with Crippen LogP contribution in [-0.2, 0) is 29.8 Å². The van der Waals surface area contributed by atoms with Crippen molar-refractivity contribution in [3.05, 3.63) is 70.9 Å². The van der Waals surface area contributed by atoms with Crippen LogP contribution in [0.3, 0.4) is 0 Å². The number of para-hydroxylation sites is 2. The summed E-state index contributed by atoms with van der Waals surface area (Å²) in [5.74, 6) is 0.169. The predicted molar refractivity (Wildman–Crippen MR) is 179 cm³/mol. The number of epoxide rings is 1. The fourth-order valence-electron chi connectivity index (χ4n) is 16.0. The molecule has 8 nitrogen and oxygen atoms in total. The molecule has 48 heavy (non-hydrogen) atoms. The standard InChI is InChI=1S/C40H44N4O4/c1-4-35-19-25-30-37(5-2)21-36-18-22(32(45)46-3)29-38(14-17-43(30)36,23-10-6-8-12-26(23)41-29)34(36)44-27-13-9-7-11-24(27)39(40(25,44)48-37)15-16-42(33(35)39)20-28-31(35)47-28/h6-13,25,28,30-31,33-34,41H,4-5,14-21H2,1-3H3/t25-,28+,30-,31+,33-,34+,35+,36+,37-,38+,39+,40+/m0/s1. The molecule has 13 rings (SSSR count). The second-order valence-electron chi connectivity index (χ2n) is 17.5. The van der Waals surface area contributed by atoms with Gasteiger partial charge in [0.05, 0.1) is 52.9 Å². The van der Waals surface area contributed by atoms with Crippen LogP contribution in [0, 0.1) is 11.3 Å². The molecule has 11 aliphatic rings. The number of benzene rings is 2. The summed E-state index contributed by atoms with van der Waals surface area (Å²) in [6.45, 7) is 8.04. The summed E-state index contributed by atoms with van der Waals surface area (Å²) in [5.41, 5.74) is 5.97. The average Bonchev–Trinajstić information content (AvgIpc) is 3.37. The van der Waals surface area contributed by atoms with Crippen molar-refractivity contribution in [2.24, 2.45) is 11.3 Å². The molecule has 0 aromatic heterocycles. The Morgan fingerprint density at radius 2 is 1.85 bits per heavy atom. The molecule has 1 N–H and O–H groups in total. The minimum Gasteiger partial charge on any atom is -0.466 e. The molecule has 7 saturated heterocycles. The lowest BCUT2D eigenvalue weighted by Crippen LogP contribution is -2.79. The van der Waals surface area contributed by atoms with Crippen LogP contribution in [0.4, 0.5) is 11.4 Å². The molecule has 6 bridgehead atoms. The quantitative estimate of drug-likeness (QED) is 0.382. The van der Waals surface area contributed by atoms with Crippen molar-refractivity contribution in [3.8, 4) is 0 Å². The highest BCUT2D eigenvalue weighted by molar-refractivity contribution is 5.94. The van der Waals surface area contributed by atoms with Crippen LogP contribution in [0.15, 0.2) is 59.8 Å². The first-order valence-corrected chi connectivity index (χ1v) is 18.8. The Bertz CT molecular complexity index is 1950. The van der Waals surface area contributed by atoms with E-state index in [1.807, 2.05) is 0 Å². The van der Waals surface area contributed by atoms with E-state index in [9.17, 15) is 4.79 Å². The normalized spacial score (nSPS) is 52.6. The number of piperidine rings is 2. The number of nitrogens with one attached hydrogen (secondary N) is 1. The molecule has 9 aliphatic heterocycles. The molecule has 4 spiro atoms. The first-order chi connectivity index (χ1) is 23.4. The van der Waals surface area contributed by atoms with Gasteiger partial charge in [-0.05, 0) is 68.3 Å². The molecule has 2 aromatic carbocycles. The van der Waals surface area contributed by atoms with E-state index in [0.717, 1.165) is 75.1 Å². The highest BCUT2D eigenvalue weighted by Crippen LogP contribution is 2.83. The zero-order valence-electron chi connectivity index (χ0n) is 28.1. The van der Waals surface area contributed by atoms with Crippen LogP contribution in [-0.4, -0.2) is 89.7 Å². The minimum absolute atomic E-state index is 0.106. The topological polar surface area (TPSA) is 69.8 Å². The minimum atomic E-state index is -0.457. The van der Waals surface area contributed by atoms with Gasteiger partial charge in [0, 0.05) is 60.0 Å². The van der Waals surface area contributed by atoms with E-state index in [4.69, 9.17) is 14.2 Å². The largest absolute Gasteiger partial charge is 0.466 e. The number of carbonyl (C=O) groups excluding carboxylic acids is 1. The van der Waals surface area contributed by atoms with E-state index in [1.165, 1.54) is 16.8 Å². The number of esters is 1. The third-order valence-corrected chi connectivity index (χ3v) is 16.8. The lowest BCUT2D eigenvalue weighted by molar-refractivity contribution is -0.193. The number of hydrogen-bond donors (Lipinski definition) is 1. The maximum atomic E-state index is 14.0. The van der Waals surface area contributed by atoms with Crippen LogP contribution in [0.25, 0.3) is 0 Å². The Morgan fingerprint density at radius 3 is 2.69 bits per heavy atom. The maximum Gasteiger partial charge on any atom is 0.335 e. The number of fused-ring (bicyclic) bond motifs is 5. The highest BCUT2D eigenvalue weighted by Gasteiger charge is 2.92. The molecule has 8 heteroatoms. The summed E-state index contributed by atoms with van der Waals surface area (Å²) >= 11 is 0. The monoisotopic (exact) mass is 644 g/mol. The Hall–Kier alpha value is -2.91. The third kappa shape index (κ3) is 2.25. The smallest absolute Gasteiger partial charge is 0.335 e. The molecule has 8 fully saturated rings. The zero-order chi connectivity index (χ0) is 31.8. The SMILES string of the molecule is CC[C@]12C[C@@]34CC(C(=O)OC)=C5Nc6ccccc6[C@]56CCN3[C@H]1[C@@H]1C[C@]3(CC)[C@@H]5O[C@@H]5CN5CC[C@@]7(c8ccccc8N([C@H]46)[C@@]17O2)[C@@H]53. The van der Waals surface area contributed by atoms with Crippen molar-refractivity contribution >= 4 is 17.3 Å². The van der Waals surface area contributed by atoms with E-state index in [2.05, 4.69) is 82.4 Å². The van der Waals surface area contributed by atoms with Crippen LogP contribution < -0.4 is 10.2 Å². The highest BCUT2D eigenvalue weighted by atomic mass is 16.6. The average molecular weight is 645 g/mol. The van der Waals surface area contributed by atoms with Gasteiger partial charge in [0.15, 0.2) is 5.72 Å². The van der Waals surface area contributed by atoms with Gasteiger partial charge >= 0.3 is 5.97 Å². The first kappa shape index (κ1) is 26.9. The first-order valence-electron chi connectivity index (χ1n) is 18.8. The fourth-order valence-corrected chi connectivity index (χ4v) is 16.0. The summed E-state index contributed by atoms with van der Waals surface area (Å²) in [4.78, 5) is 22.8. The Balaban J connectivity index is 1.19. The molecule has 0 radical (unpaired) electrons. The number of nitrogens with zero attached hydrogens (tertiary/aromatic N) is 3. The van der Waals surface area contributed by atoms with Gasteiger partial charge in [-0.2, -0.15) is 0 Å². The van der Waals surface area contributed by atoms with Crippen LogP contribution in [0.2, 0.25) is 0 Å². The Labute approximate surface area is 281 Å². The number of rotatable bonds is 3. The zero-order valence-corrected chi connectivity index (χ0v) is 28.1. The predicted octanol–water partition coefficient (Wildman–Crippen LogP) is 4.68. The molecule has 2 aliphatic carbocycles. The number of ether oxygens (including phenoxy) is 3. The van der Waals surface area contributed by atoms with Crippen LogP contribution in [0.1, 0.15) is 69.9 Å². The van der Waals surface area contributed by atoms with E-state index in [-0.39, 0.29) is 39.4 Å². The van der Waals surface area contributed by atoms with Gasteiger partial charge in [0.1, 0.15) is 0 Å². The molecule has 13 atom stereocenters. The van der Waals surface area contributed by atoms with Crippen molar-refractivity contribution < 1.29 is 19.0 Å². The summed E-state index contributed by atoms with van der Waals surface area (Å²) in [6.07, 6.45) is 7.78. The second-order valence-corrected chi connectivity index (χ2v) is 17.5. The molecule has 1 saturated carbocycles. The summed E-state index contributed by atoms with van der Waals surface area (Å²) < 4.78 is 20.7. The van der Waals surface area contributed by atoms with Gasteiger partial charge in [0.25, 0.3) is 0 Å². The lowest BCUT2D eigenvalue weighted by atomic mass is 9.47. The van der Waals surface area contributed by atoms with Gasteiger partial charge in [0.2, 0.25) is 0 Å². The number of anilines is 2. The van der Waals surface area contributed by atoms with Gasteiger partial charge in [-0.25, -0.2) is 4.79 Å². The van der Waals surface area contributed by atoms with Crippen molar-refractivity contribution in [2.45, 2.75) is 117 Å². The van der Waals surface area contributed by atoms with Gasteiger partial charge < -0.3 is 24.4 Å². The van der Waals surface area contributed by atoms with Gasteiger partial charge in [-0.3, -0.25) is 9.80 Å². The van der Waals surface area contributed by atoms with E-state index in [1.54, 1.807) is 7.11 Å². The third-order valence-electron chi connectivity index (χ3n) is 16.8. The molecule has 0 amide bonds. The second kappa shape index (κ2) is 7.70. The number of methoxy groups -OCH3 is 1. The Kier molecular flexibility index (Phi) is 4.32. The van der Waals surface area contributed by atoms with Crippen molar-refractivity contribution in [3.63, 3.8) is 0 Å². The maximum absolute atomic E-state index is 14.0. The van der Waals surface area contributed by atoms with Gasteiger partial charge in [-0.1, -0.05) is 50.2 Å². The van der Waals surface area contributed by atoms with E-state index in [0.29, 0.717) is 36.6 Å². The van der Waals surface area contributed by atoms with E-state index >= 15 is 0 Å². The van der Waals surface area contributed by atoms with Crippen molar-refractivity contribution in [2.75, 3.05) is 37.0 Å². The molecule has 2 aromatic rings. The molecule has 248 valence electrons. The molecule has 1 unspecified atom stereocenters. The number of carbonyl (C=O) groups is 1. The summed E-state index contributed by atoms with van der Waals surface area (Å²) in [6, 6.07) is 19.3. The van der Waals surface area contributed by atoms with Gasteiger partial charge in [-0.15, -0.1) is 0 Å². The fraction of sp³-hybridized carbons (Fsp3) is 0.625. The molecule has 9 heterocycles. The molecular formula is C40H44N4O4. The van der Waals surface area contributed by atoms with Crippen LogP contribution >= 0.6 is 0 Å².